The summed E-state index contributed by atoms with van der Waals surface area (Å²) in [7, 11) is 0. The van der Waals surface area contributed by atoms with E-state index in [-0.39, 0.29) is 11.9 Å². The summed E-state index contributed by atoms with van der Waals surface area (Å²) in [5.74, 6) is 0.108. The summed E-state index contributed by atoms with van der Waals surface area (Å²) in [5.41, 5.74) is 1.26. The van der Waals surface area contributed by atoms with Crippen molar-refractivity contribution in [3.63, 3.8) is 0 Å². The lowest BCUT2D eigenvalue weighted by Crippen LogP contribution is -2.32. The van der Waals surface area contributed by atoms with Crippen molar-refractivity contribution in [2.45, 2.75) is 32.7 Å². The largest absolute Gasteiger partial charge is 0.354 e. The molecule has 0 aliphatic carbocycles. The van der Waals surface area contributed by atoms with Gasteiger partial charge in [0.2, 0.25) is 5.91 Å². The first kappa shape index (κ1) is 13.6. The monoisotopic (exact) mass is 235 g/mol. The lowest BCUT2D eigenvalue weighted by molar-refractivity contribution is -0.121. The van der Waals surface area contributed by atoms with Gasteiger partial charge in [-0.25, -0.2) is 0 Å². The molecule has 4 nitrogen and oxygen atoms in total. The number of hydrogen-bond donors (Lipinski definition) is 2. The van der Waals surface area contributed by atoms with Crippen LogP contribution < -0.4 is 10.6 Å². The first-order chi connectivity index (χ1) is 8.18. The SMILES string of the molecule is CC(C)NC(=O)CCNCCc1ccncc1. The fourth-order valence-electron chi connectivity index (χ4n) is 1.50. The van der Waals surface area contributed by atoms with Crippen LogP contribution in [-0.2, 0) is 11.2 Å². The van der Waals surface area contributed by atoms with E-state index in [1.165, 1.54) is 5.56 Å². The third-order valence-electron chi connectivity index (χ3n) is 2.32. The highest BCUT2D eigenvalue weighted by atomic mass is 16.1. The highest BCUT2D eigenvalue weighted by molar-refractivity contribution is 5.76. The molecule has 0 aliphatic heterocycles. The van der Waals surface area contributed by atoms with Gasteiger partial charge in [-0.05, 0) is 44.5 Å². The second-order valence-corrected chi connectivity index (χ2v) is 4.33. The maximum absolute atomic E-state index is 11.3. The highest BCUT2D eigenvalue weighted by Crippen LogP contribution is 1.95. The molecule has 0 spiro atoms. The van der Waals surface area contributed by atoms with E-state index >= 15 is 0 Å². The molecule has 94 valence electrons. The molecule has 4 heteroatoms. The summed E-state index contributed by atoms with van der Waals surface area (Å²) in [4.78, 5) is 15.3. The third-order valence-corrected chi connectivity index (χ3v) is 2.32. The van der Waals surface area contributed by atoms with Gasteiger partial charge in [0.05, 0.1) is 0 Å². The van der Waals surface area contributed by atoms with Gasteiger partial charge >= 0.3 is 0 Å². The minimum Gasteiger partial charge on any atom is -0.354 e. The van der Waals surface area contributed by atoms with Gasteiger partial charge in [-0.2, -0.15) is 0 Å². The number of carbonyl (C=O) groups excluding carboxylic acids is 1. The lowest BCUT2D eigenvalue weighted by atomic mass is 10.2. The number of aromatic nitrogens is 1. The smallest absolute Gasteiger partial charge is 0.221 e. The Kier molecular flexibility index (Phi) is 6.25. The average molecular weight is 235 g/mol. The normalized spacial score (nSPS) is 10.5. The van der Waals surface area contributed by atoms with Crippen LogP contribution in [0.3, 0.4) is 0 Å². The molecule has 0 aliphatic rings. The first-order valence-corrected chi connectivity index (χ1v) is 6.07. The molecule has 1 amide bonds. The maximum Gasteiger partial charge on any atom is 0.221 e. The lowest BCUT2D eigenvalue weighted by Gasteiger charge is -2.08. The summed E-state index contributed by atoms with van der Waals surface area (Å²) in [6.07, 6.45) is 5.10. The summed E-state index contributed by atoms with van der Waals surface area (Å²) in [6, 6.07) is 4.24. The van der Waals surface area contributed by atoms with Crippen LogP contribution in [0, 0.1) is 0 Å². The van der Waals surface area contributed by atoms with Crippen molar-refractivity contribution < 1.29 is 4.79 Å². The Balaban J connectivity index is 2.03. The summed E-state index contributed by atoms with van der Waals surface area (Å²) in [6.45, 7) is 5.55. The van der Waals surface area contributed by atoms with Crippen LogP contribution in [-0.4, -0.2) is 30.0 Å². The van der Waals surface area contributed by atoms with Gasteiger partial charge in [-0.3, -0.25) is 9.78 Å². The average Bonchev–Trinajstić information content (AvgIpc) is 2.29. The van der Waals surface area contributed by atoms with Crippen LogP contribution in [0.5, 0.6) is 0 Å². The van der Waals surface area contributed by atoms with Gasteiger partial charge in [-0.15, -0.1) is 0 Å². The number of hydrogen-bond acceptors (Lipinski definition) is 3. The molecule has 17 heavy (non-hydrogen) atoms. The fourth-order valence-corrected chi connectivity index (χ4v) is 1.50. The van der Waals surface area contributed by atoms with E-state index in [9.17, 15) is 4.79 Å². The van der Waals surface area contributed by atoms with Crippen molar-refractivity contribution in [2.75, 3.05) is 13.1 Å². The minimum absolute atomic E-state index is 0.108. The Hall–Kier alpha value is -1.42. The van der Waals surface area contributed by atoms with Crippen LogP contribution in [0.4, 0.5) is 0 Å². The number of nitrogens with zero attached hydrogens (tertiary/aromatic N) is 1. The van der Waals surface area contributed by atoms with E-state index in [0.717, 1.165) is 19.5 Å². The molecule has 1 aromatic rings. The van der Waals surface area contributed by atoms with Crippen molar-refractivity contribution in [1.29, 1.82) is 0 Å². The zero-order chi connectivity index (χ0) is 12.5. The zero-order valence-corrected chi connectivity index (χ0v) is 10.6. The molecule has 0 saturated carbocycles. The van der Waals surface area contributed by atoms with Gasteiger partial charge in [-0.1, -0.05) is 0 Å². The van der Waals surface area contributed by atoms with Crippen LogP contribution >= 0.6 is 0 Å². The Morgan fingerprint density at radius 1 is 1.29 bits per heavy atom. The second-order valence-electron chi connectivity index (χ2n) is 4.33. The van der Waals surface area contributed by atoms with Gasteiger partial charge in [0.1, 0.15) is 0 Å². The van der Waals surface area contributed by atoms with E-state index in [1.807, 2.05) is 26.0 Å². The maximum atomic E-state index is 11.3. The molecule has 1 heterocycles. The fraction of sp³-hybridized carbons (Fsp3) is 0.538. The molecule has 0 aromatic carbocycles. The van der Waals surface area contributed by atoms with Crippen molar-refractivity contribution >= 4 is 5.91 Å². The van der Waals surface area contributed by atoms with Gasteiger partial charge in [0.15, 0.2) is 0 Å². The van der Waals surface area contributed by atoms with Crippen molar-refractivity contribution in [2.24, 2.45) is 0 Å². The number of carbonyl (C=O) groups is 1. The number of nitrogens with one attached hydrogen (secondary N) is 2. The summed E-state index contributed by atoms with van der Waals surface area (Å²) < 4.78 is 0. The predicted octanol–water partition coefficient (Wildman–Crippen LogP) is 1.13. The van der Waals surface area contributed by atoms with E-state index in [2.05, 4.69) is 15.6 Å². The molecule has 0 fully saturated rings. The Labute approximate surface area is 103 Å². The van der Waals surface area contributed by atoms with E-state index in [1.54, 1.807) is 12.4 Å². The minimum atomic E-state index is 0.108. The molecule has 1 aromatic heterocycles. The number of rotatable bonds is 7. The topological polar surface area (TPSA) is 54.0 Å². The van der Waals surface area contributed by atoms with E-state index in [4.69, 9.17) is 0 Å². The Morgan fingerprint density at radius 2 is 2.00 bits per heavy atom. The van der Waals surface area contributed by atoms with E-state index in [0.29, 0.717) is 6.42 Å². The number of amides is 1. The molecule has 0 saturated heterocycles. The van der Waals surface area contributed by atoms with Crippen LogP contribution in [0.25, 0.3) is 0 Å². The quantitative estimate of drug-likeness (QED) is 0.697. The van der Waals surface area contributed by atoms with Crippen LogP contribution in [0.15, 0.2) is 24.5 Å². The standard InChI is InChI=1S/C13H21N3O/c1-11(2)16-13(17)6-10-15-9-5-12-3-7-14-8-4-12/h3-4,7-8,11,15H,5-6,9-10H2,1-2H3,(H,16,17). The van der Waals surface area contributed by atoms with Crippen LogP contribution in [0.2, 0.25) is 0 Å². The Morgan fingerprint density at radius 3 is 2.65 bits per heavy atom. The van der Waals surface area contributed by atoms with Gasteiger partial charge in [0, 0.05) is 31.4 Å². The molecule has 0 unspecified atom stereocenters. The molecule has 2 N–H and O–H groups in total. The van der Waals surface area contributed by atoms with E-state index < -0.39 is 0 Å². The predicted molar refractivity (Wildman–Crippen MR) is 68.7 cm³/mol. The third kappa shape index (κ3) is 6.68. The molecular formula is C13H21N3O. The van der Waals surface area contributed by atoms with Crippen molar-refractivity contribution in [3.8, 4) is 0 Å². The molecular weight excluding hydrogens is 214 g/mol. The van der Waals surface area contributed by atoms with Gasteiger partial charge in [0.25, 0.3) is 0 Å². The summed E-state index contributed by atoms with van der Waals surface area (Å²) >= 11 is 0. The van der Waals surface area contributed by atoms with Crippen molar-refractivity contribution in [3.05, 3.63) is 30.1 Å². The molecule has 1 rings (SSSR count). The molecule has 0 radical (unpaired) electrons. The molecule has 0 atom stereocenters. The van der Waals surface area contributed by atoms with Gasteiger partial charge < -0.3 is 10.6 Å². The highest BCUT2D eigenvalue weighted by Gasteiger charge is 2.01. The van der Waals surface area contributed by atoms with Crippen molar-refractivity contribution in [1.82, 2.24) is 15.6 Å². The molecule has 0 bridgehead atoms. The zero-order valence-electron chi connectivity index (χ0n) is 10.6. The summed E-state index contributed by atoms with van der Waals surface area (Å²) in [5, 5.41) is 6.12. The second kappa shape index (κ2) is 7.79. The Bertz CT molecular complexity index is 325. The first-order valence-electron chi connectivity index (χ1n) is 6.07. The van der Waals surface area contributed by atoms with Crippen LogP contribution in [0.1, 0.15) is 25.8 Å². The number of pyridine rings is 1.